The van der Waals surface area contributed by atoms with Gasteiger partial charge in [0.2, 0.25) is 5.91 Å². The van der Waals surface area contributed by atoms with Crippen molar-refractivity contribution in [1.82, 2.24) is 14.7 Å². The van der Waals surface area contributed by atoms with E-state index in [0.717, 1.165) is 44.5 Å². The average molecular weight is 583 g/mol. The first-order valence-corrected chi connectivity index (χ1v) is 14.9. The molecule has 8 nitrogen and oxygen atoms in total. The highest BCUT2D eigenvalue weighted by Gasteiger charge is 2.34. The lowest BCUT2D eigenvalue weighted by Gasteiger charge is -2.37. The van der Waals surface area contributed by atoms with Crippen molar-refractivity contribution in [1.29, 1.82) is 0 Å². The molecule has 1 N–H and O–H groups in total. The van der Waals surface area contributed by atoms with E-state index in [0.29, 0.717) is 41.9 Å². The monoisotopic (exact) mass is 582 g/mol. The molecule has 3 amide bonds. The largest absolute Gasteiger partial charge is 0.493 e. The number of hydrogen-bond acceptors (Lipinski definition) is 6. The predicted molar refractivity (Wildman–Crippen MR) is 159 cm³/mol. The van der Waals surface area contributed by atoms with Gasteiger partial charge >= 0.3 is 6.03 Å². The van der Waals surface area contributed by atoms with Crippen LogP contribution >= 0.6 is 22.9 Å². The van der Waals surface area contributed by atoms with Crippen molar-refractivity contribution >= 4 is 40.6 Å². The minimum absolute atomic E-state index is 0.0229. The van der Waals surface area contributed by atoms with Gasteiger partial charge in [-0.1, -0.05) is 29.8 Å². The molecular formula is C30H35ClN4O4S. The van der Waals surface area contributed by atoms with E-state index >= 15 is 0 Å². The summed E-state index contributed by atoms with van der Waals surface area (Å²) >= 11 is 7.84. The Morgan fingerprint density at radius 3 is 2.65 bits per heavy atom. The van der Waals surface area contributed by atoms with Crippen LogP contribution in [0.1, 0.15) is 29.3 Å². The fraction of sp³-hybridized carbons (Fsp3) is 0.400. The first-order chi connectivity index (χ1) is 19.5. The van der Waals surface area contributed by atoms with Gasteiger partial charge < -0.3 is 29.5 Å². The van der Waals surface area contributed by atoms with Crippen molar-refractivity contribution in [2.24, 2.45) is 0 Å². The number of methoxy groups -OCH3 is 1. The molecule has 1 saturated heterocycles. The number of carbonyl (C=O) groups excluding carboxylic acids is 2. The molecule has 2 aliphatic heterocycles. The van der Waals surface area contributed by atoms with Crippen molar-refractivity contribution in [2.45, 2.75) is 25.3 Å². The first-order valence-electron chi connectivity index (χ1n) is 13.7. The molecule has 1 aromatic heterocycles. The summed E-state index contributed by atoms with van der Waals surface area (Å²) < 4.78 is 11.7. The smallest absolute Gasteiger partial charge is 0.322 e. The van der Waals surface area contributed by atoms with Crippen LogP contribution in [0.2, 0.25) is 5.02 Å². The van der Waals surface area contributed by atoms with E-state index < -0.39 is 0 Å². The van der Waals surface area contributed by atoms with Crippen LogP contribution in [0.25, 0.3) is 0 Å². The van der Waals surface area contributed by atoms with Crippen LogP contribution in [0.5, 0.6) is 11.5 Å². The average Bonchev–Trinajstić information content (AvgIpc) is 3.66. The second kappa shape index (κ2) is 13.4. The Kier molecular flexibility index (Phi) is 9.46. The summed E-state index contributed by atoms with van der Waals surface area (Å²) in [5.74, 6) is 1.17. The van der Waals surface area contributed by atoms with E-state index in [9.17, 15) is 9.59 Å². The van der Waals surface area contributed by atoms with Gasteiger partial charge in [-0.2, -0.15) is 0 Å². The summed E-state index contributed by atoms with van der Waals surface area (Å²) in [6.07, 6.45) is 3.11. The lowest BCUT2D eigenvalue weighted by Crippen LogP contribution is -2.50. The number of benzene rings is 2. The van der Waals surface area contributed by atoms with Crippen LogP contribution in [-0.4, -0.2) is 79.6 Å². The van der Waals surface area contributed by atoms with Crippen LogP contribution in [0.15, 0.2) is 60.0 Å². The SMILES string of the molecule is COc1ccccc1OC[C@@H]1c2ccsc2CCN1C(=O)CN(CCN1CCCC1)C(=O)Nc1cccc(Cl)c1. The number of amides is 3. The number of rotatable bonds is 10. The molecule has 3 heterocycles. The van der Waals surface area contributed by atoms with Crippen LogP contribution < -0.4 is 14.8 Å². The molecule has 10 heteroatoms. The third kappa shape index (κ3) is 6.89. The highest BCUT2D eigenvalue weighted by Crippen LogP contribution is 2.35. The second-order valence-corrected chi connectivity index (χ2v) is 11.5. The molecule has 5 rings (SSSR count). The Hall–Kier alpha value is -3.27. The molecule has 0 spiro atoms. The Bertz CT molecular complexity index is 1310. The zero-order chi connectivity index (χ0) is 27.9. The number of thiophene rings is 1. The van der Waals surface area contributed by atoms with Gasteiger partial charge in [0.25, 0.3) is 0 Å². The van der Waals surface area contributed by atoms with Crippen LogP contribution in [0.3, 0.4) is 0 Å². The standard InChI is InChI=1S/C30H35ClN4O4S/c1-38-26-9-2-3-10-27(26)39-21-25-24-12-18-40-28(24)11-15-35(25)29(36)20-34(17-16-33-13-4-5-14-33)30(37)32-23-8-6-7-22(31)19-23/h2-3,6-10,12,18-19,25H,4-5,11,13-17,20-21H2,1H3,(H,32,37)/t25-/m1/s1. The molecule has 40 heavy (non-hydrogen) atoms. The van der Waals surface area contributed by atoms with E-state index in [-0.39, 0.29) is 24.5 Å². The van der Waals surface area contributed by atoms with Crippen LogP contribution in [0, 0.1) is 0 Å². The van der Waals surface area contributed by atoms with Gasteiger partial charge in [0, 0.05) is 35.2 Å². The number of hydrogen-bond donors (Lipinski definition) is 1. The van der Waals surface area contributed by atoms with Crippen LogP contribution in [-0.2, 0) is 11.2 Å². The summed E-state index contributed by atoms with van der Waals surface area (Å²) in [6.45, 7) is 4.06. The van der Waals surface area contributed by atoms with Crippen molar-refractivity contribution in [3.63, 3.8) is 0 Å². The van der Waals surface area contributed by atoms with E-state index in [4.69, 9.17) is 21.1 Å². The fourth-order valence-electron chi connectivity index (χ4n) is 5.32. The fourth-order valence-corrected chi connectivity index (χ4v) is 6.44. The van der Waals surface area contributed by atoms with Gasteiger partial charge in [-0.05, 0) is 79.7 Å². The molecular weight excluding hydrogens is 548 g/mol. The minimum Gasteiger partial charge on any atom is -0.493 e. The second-order valence-electron chi connectivity index (χ2n) is 10.0. The summed E-state index contributed by atoms with van der Waals surface area (Å²) in [5.41, 5.74) is 1.70. The molecule has 0 bridgehead atoms. The molecule has 1 fully saturated rings. The van der Waals surface area contributed by atoms with Gasteiger partial charge in [-0.3, -0.25) is 4.79 Å². The molecule has 0 aliphatic carbocycles. The number of nitrogens with one attached hydrogen (secondary N) is 1. The molecule has 3 aromatic rings. The summed E-state index contributed by atoms with van der Waals surface area (Å²) in [6, 6.07) is 16.0. The molecule has 0 radical (unpaired) electrons. The Morgan fingerprint density at radius 2 is 1.88 bits per heavy atom. The van der Waals surface area contributed by atoms with E-state index in [1.807, 2.05) is 29.2 Å². The number of ether oxygens (including phenoxy) is 2. The summed E-state index contributed by atoms with van der Waals surface area (Å²) in [7, 11) is 1.61. The molecule has 2 aliphatic rings. The zero-order valence-electron chi connectivity index (χ0n) is 22.7. The van der Waals surface area contributed by atoms with Gasteiger partial charge in [0.1, 0.15) is 13.2 Å². The normalized spacial score (nSPS) is 16.9. The van der Waals surface area contributed by atoms with E-state index in [1.54, 1.807) is 47.6 Å². The van der Waals surface area contributed by atoms with Crippen molar-refractivity contribution in [3.05, 3.63) is 75.4 Å². The molecule has 0 unspecified atom stereocenters. The van der Waals surface area contributed by atoms with Gasteiger partial charge in [-0.25, -0.2) is 4.79 Å². The maximum Gasteiger partial charge on any atom is 0.322 e. The van der Waals surface area contributed by atoms with Gasteiger partial charge in [-0.15, -0.1) is 11.3 Å². The number of likely N-dealkylation sites (tertiary alicyclic amines) is 1. The number of nitrogens with zero attached hydrogens (tertiary/aromatic N) is 3. The quantitative estimate of drug-likeness (QED) is 0.339. The maximum absolute atomic E-state index is 13.9. The van der Waals surface area contributed by atoms with Crippen molar-refractivity contribution in [2.75, 3.05) is 58.3 Å². The maximum atomic E-state index is 13.9. The zero-order valence-corrected chi connectivity index (χ0v) is 24.3. The molecule has 0 saturated carbocycles. The highest BCUT2D eigenvalue weighted by molar-refractivity contribution is 7.10. The van der Waals surface area contributed by atoms with E-state index in [2.05, 4.69) is 21.7 Å². The number of halogens is 1. The van der Waals surface area contributed by atoms with Gasteiger partial charge in [0.05, 0.1) is 13.2 Å². The van der Waals surface area contributed by atoms with Crippen molar-refractivity contribution in [3.8, 4) is 11.5 Å². The van der Waals surface area contributed by atoms with E-state index in [1.165, 1.54) is 4.88 Å². The number of para-hydroxylation sites is 2. The molecule has 2 aromatic carbocycles. The summed E-state index contributed by atoms with van der Waals surface area (Å²) in [4.78, 5) is 34.4. The number of anilines is 1. The lowest BCUT2D eigenvalue weighted by atomic mass is 10.0. The highest BCUT2D eigenvalue weighted by atomic mass is 35.5. The lowest BCUT2D eigenvalue weighted by molar-refractivity contribution is -0.135. The molecule has 1 atom stereocenters. The Morgan fingerprint density at radius 1 is 1.07 bits per heavy atom. The molecule has 212 valence electrons. The van der Waals surface area contributed by atoms with Gasteiger partial charge in [0.15, 0.2) is 11.5 Å². The van der Waals surface area contributed by atoms with Crippen LogP contribution in [0.4, 0.5) is 10.5 Å². The third-order valence-electron chi connectivity index (χ3n) is 7.46. The first kappa shape index (κ1) is 28.3. The minimum atomic E-state index is -0.315. The Labute approximate surface area is 244 Å². The number of fused-ring (bicyclic) bond motifs is 1. The number of carbonyl (C=O) groups is 2. The predicted octanol–water partition coefficient (Wildman–Crippen LogP) is 5.54. The summed E-state index contributed by atoms with van der Waals surface area (Å²) in [5, 5.41) is 5.53. The topological polar surface area (TPSA) is 74.4 Å². The number of urea groups is 1. The third-order valence-corrected chi connectivity index (χ3v) is 8.69. The Balaban J connectivity index is 1.32. The van der Waals surface area contributed by atoms with Crippen molar-refractivity contribution < 1.29 is 19.1 Å².